The van der Waals surface area contributed by atoms with Crippen LogP contribution in [0.5, 0.6) is 5.75 Å². The van der Waals surface area contributed by atoms with Crippen molar-refractivity contribution >= 4 is 41.8 Å². The van der Waals surface area contributed by atoms with Gasteiger partial charge in [-0.2, -0.15) is 16.8 Å². The second kappa shape index (κ2) is 6.59. The van der Waals surface area contributed by atoms with Gasteiger partial charge in [0.1, 0.15) is 9.79 Å². The number of hydrogen-bond acceptors (Lipinski definition) is 5. The van der Waals surface area contributed by atoms with Gasteiger partial charge in [-0.1, -0.05) is 54.6 Å². The Morgan fingerprint density at radius 2 is 1.32 bits per heavy atom. The van der Waals surface area contributed by atoms with Gasteiger partial charge in [0.25, 0.3) is 10.1 Å². The molecule has 4 rings (SSSR count). The highest BCUT2D eigenvalue weighted by Crippen LogP contribution is 2.33. The van der Waals surface area contributed by atoms with Crippen molar-refractivity contribution in [3.8, 4) is 5.75 Å². The fourth-order valence-corrected chi connectivity index (χ4v) is 4.75. The topological polar surface area (TPSA) is 97.7 Å². The molecule has 6 nitrogen and oxygen atoms in total. The molecule has 0 bridgehead atoms. The zero-order valence-corrected chi connectivity index (χ0v) is 15.9. The summed E-state index contributed by atoms with van der Waals surface area (Å²) in [6, 6.07) is 20.6. The molecule has 0 radical (unpaired) electrons. The SMILES string of the molecule is O=S(=O)(O)c1cccc2cccc(OS(=O)(=O)c3ccc4ccccc4c3)c12. The Morgan fingerprint density at radius 1 is 0.679 bits per heavy atom. The zero-order valence-electron chi connectivity index (χ0n) is 14.3. The molecule has 0 saturated heterocycles. The second-order valence-electron chi connectivity index (χ2n) is 6.13. The van der Waals surface area contributed by atoms with E-state index in [2.05, 4.69) is 0 Å². The van der Waals surface area contributed by atoms with Gasteiger partial charge in [-0.25, -0.2) is 0 Å². The van der Waals surface area contributed by atoms with Crippen molar-refractivity contribution in [2.45, 2.75) is 9.79 Å². The van der Waals surface area contributed by atoms with Gasteiger partial charge in [0, 0.05) is 5.39 Å². The molecule has 0 spiro atoms. The lowest BCUT2D eigenvalue weighted by molar-refractivity contribution is 0.479. The summed E-state index contributed by atoms with van der Waals surface area (Å²) in [5.74, 6) is -0.182. The highest BCUT2D eigenvalue weighted by atomic mass is 32.2. The fourth-order valence-electron chi connectivity index (χ4n) is 3.05. The summed E-state index contributed by atoms with van der Waals surface area (Å²) in [7, 11) is -8.81. The molecular formula is C20H14O6S2. The van der Waals surface area contributed by atoms with Crippen LogP contribution in [0.15, 0.2) is 88.7 Å². The average Bonchev–Trinajstić information content (AvgIpc) is 2.66. The smallest absolute Gasteiger partial charge is 0.339 e. The molecule has 1 N–H and O–H groups in total. The predicted molar refractivity (Wildman–Crippen MR) is 106 cm³/mol. The Bertz CT molecular complexity index is 1420. The lowest BCUT2D eigenvalue weighted by Gasteiger charge is -2.12. The minimum Gasteiger partial charge on any atom is -0.378 e. The normalized spacial score (nSPS) is 12.3. The minimum absolute atomic E-state index is 0.00290. The Balaban J connectivity index is 1.87. The van der Waals surface area contributed by atoms with E-state index in [-0.39, 0.29) is 16.0 Å². The van der Waals surface area contributed by atoms with E-state index in [1.54, 1.807) is 36.4 Å². The van der Waals surface area contributed by atoms with Gasteiger partial charge >= 0.3 is 10.1 Å². The maximum atomic E-state index is 12.8. The first-order valence-corrected chi connectivity index (χ1v) is 11.0. The second-order valence-corrected chi connectivity index (χ2v) is 9.07. The molecule has 28 heavy (non-hydrogen) atoms. The standard InChI is InChI=1S/C20H14O6S2/c21-27(22,23)19-10-4-8-15-7-3-9-18(20(15)19)26-28(24,25)17-12-11-14-5-1-2-6-16(14)13-17/h1-13H,(H,21,22,23). The van der Waals surface area contributed by atoms with Gasteiger partial charge in [-0.05, 0) is 40.4 Å². The van der Waals surface area contributed by atoms with Crippen molar-refractivity contribution in [1.29, 1.82) is 0 Å². The molecule has 8 heteroatoms. The van der Waals surface area contributed by atoms with E-state index in [1.807, 2.05) is 12.1 Å². The van der Waals surface area contributed by atoms with E-state index < -0.39 is 25.1 Å². The van der Waals surface area contributed by atoms with Gasteiger partial charge < -0.3 is 4.18 Å². The van der Waals surface area contributed by atoms with E-state index in [4.69, 9.17) is 4.18 Å². The summed E-state index contributed by atoms with van der Waals surface area (Å²) in [4.78, 5) is -0.484. The molecule has 0 fully saturated rings. The predicted octanol–water partition coefficient (Wildman–Crippen LogP) is 4.01. The molecule has 0 aliphatic rings. The monoisotopic (exact) mass is 414 g/mol. The van der Waals surface area contributed by atoms with Crippen molar-refractivity contribution < 1.29 is 25.6 Å². The zero-order chi connectivity index (χ0) is 19.9. The molecule has 0 saturated carbocycles. The summed E-state index contributed by atoms with van der Waals surface area (Å²) in [6.07, 6.45) is 0. The van der Waals surface area contributed by atoms with Crippen LogP contribution in [-0.4, -0.2) is 21.4 Å². The molecule has 0 unspecified atom stereocenters. The lowest BCUT2D eigenvalue weighted by Crippen LogP contribution is -2.11. The van der Waals surface area contributed by atoms with Crippen LogP contribution < -0.4 is 4.18 Å². The number of rotatable bonds is 4. The van der Waals surface area contributed by atoms with Gasteiger partial charge in [-0.15, -0.1) is 0 Å². The number of benzene rings is 4. The third-order valence-electron chi connectivity index (χ3n) is 4.32. The van der Waals surface area contributed by atoms with Crippen molar-refractivity contribution in [3.63, 3.8) is 0 Å². The maximum absolute atomic E-state index is 12.8. The molecule has 0 aliphatic heterocycles. The molecule has 0 amide bonds. The van der Waals surface area contributed by atoms with Gasteiger partial charge in [0.2, 0.25) is 0 Å². The van der Waals surface area contributed by atoms with E-state index in [0.29, 0.717) is 5.39 Å². The van der Waals surface area contributed by atoms with Crippen LogP contribution in [-0.2, 0) is 20.2 Å². The van der Waals surface area contributed by atoms with E-state index >= 15 is 0 Å². The highest BCUT2D eigenvalue weighted by molar-refractivity contribution is 7.87. The summed E-state index contributed by atoms with van der Waals surface area (Å²) >= 11 is 0. The van der Waals surface area contributed by atoms with Gasteiger partial charge in [0.05, 0.1) is 0 Å². The largest absolute Gasteiger partial charge is 0.378 e. The summed E-state index contributed by atoms with van der Waals surface area (Å²) in [5.41, 5.74) is 0. The fraction of sp³-hybridized carbons (Fsp3) is 0. The van der Waals surface area contributed by atoms with Crippen LogP contribution in [0.25, 0.3) is 21.5 Å². The van der Waals surface area contributed by atoms with Crippen LogP contribution in [0.4, 0.5) is 0 Å². The Labute approximate surface area is 161 Å². The van der Waals surface area contributed by atoms with Crippen LogP contribution in [0, 0.1) is 0 Å². The first-order valence-electron chi connectivity index (χ1n) is 8.18. The third-order valence-corrected chi connectivity index (χ3v) is 6.44. The van der Waals surface area contributed by atoms with Crippen LogP contribution >= 0.6 is 0 Å². The van der Waals surface area contributed by atoms with Crippen LogP contribution in [0.1, 0.15) is 0 Å². The molecular weight excluding hydrogens is 400 g/mol. The van der Waals surface area contributed by atoms with E-state index in [1.165, 1.54) is 30.3 Å². The van der Waals surface area contributed by atoms with Crippen molar-refractivity contribution in [2.24, 2.45) is 0 Å². The van der Waals surface area contributed by atoms with Crippen LogP contribution in [0.2, 0.25) is 0 Å². The van der Waals surface area contributed by atoms with Crippen molar-refractivity contribution in [3.05, 3.63) is 78.9 Å². The molecule has 4 aromatic rings. The molecule has 0 atom stereocenters. The summed E-state index contributed by atoms with van der Waals surface area (Å²) in [5, 5.41) is 2.02. The summed E-state index contributed by atoms with van der Waals surface area (Å²) < 4.78 is 63.9. The molecule has 4 aromatic carbocycles. The minimum atomic E-state index is -4.58. The van der Waals surface area contributed by atoms with Crippen molar-refractivity contribution in [1.82, 2.24) is 0 Å². The number of hydrogen-bond donors (Lipinski definition) is 1. The Kier molecular flexibility index (Phi) is 4.34. The third kappa shape index (κ3) is 3.33. The molecule has 0 heterocycles. The molecule has 0 aromatic heterocycles. The highest BCUT2D eigenvalue weighted by Gasteiger charge is 2.22. The lowest BCUT2D eigenvalue weighted by atomic mass is 10.1. The van der Waals surface area contributed by atoms with E-state index in [0.717, 1.165) is 10.8 Å². The summed E-state index contributed by atoms with van der Waals surface area (Å²) in [6.45, 7) is 0. The van der Waals surface area contributed by atoms with E-state index in [9.17, 15) is 21.4 Å². The quantitative estimate of drug-likeness (QED) is 0.400. The Hall–Kier alpha value is -2.94. The molecule has 142 valence electrons. The van der Waals surface area contributed by atoms with Crippen LogP contribution in [0.3, 0.4) is 0 Å². The van der Waals surface area contributed by atoms with Gasteiger partial charge in [0.15, 0.2) is 5.75 Å². The average molecular weight is 414 g/mol. The maximum Gasteiger partial charge on any atom is 0.339 e. The van der Waals surface area contributed by atoms with Gasteiger partial charge in [-0.3, -0.25) is 4.55 Å². The molecule has 0 aliphatic carbocycles. The number of fused-ring (bicyclic) bond motifs is 2. The Morgan fingerprint density at radius 3 is 2.04 bits per heavy atom. The first kappa shape index (κ1) is 18.4. The first-order chi connectivity index (χ1) is 13.3. The van der Waals surface area contributed by atoms with Crippen molar-refractivity contribution in [2.75, 3.05) is 0 Å².